The van der Waals surface area contributed by atoms with Crippen LogP contribution in [0.25, 0.3) is 27.7 Å². The summed E-state index contributed by atoms with van der Waals surface area (Å²) in [7, 11) is 1.64. The molecule has 6 heteroatoms. The van der Waals surface area contributed by atoms with E-state index in [0.29, 0.717) is 11.3 Å². The quantitative estimate of drug-likeness (QED) is 0.554. The summed E-state index contributed by atoms with van der Waals surface area (Å²) < 4.78 is 6.91. The number of fused-ring (bicyclic) bond motifs is 1. The third-order valence-corrected chi connectivity index (χ3v) is 4.66. The average Bonchev–Trinajstić information content (AvgIpc) is 3.17. The van der Waals surface area contributed by atoms with Crippen molar-refractivity contribution in [3.05, 3.63) is 78.0 Å². The first kappa shape index (κ1) is 17.8. The number of hydrogen-bond acceptors (Lipinski definition) is 4. The van der Waals surface area contributed by atoms with Gasteiger partial charge in [-0.25, -0.2) is 9.48 Å². The van der Waals surface area contributed by atoms with Crippen LogP contribution in [0.2, 0.25) is 0 Å². The van der Waals surface area contributed by atoms with Crippen molar-refractivity contribution >= 4 is 16.7 Å². The number of carboxylic acid groups (broad SMARTS) is 1. The molecular formula is C22H18N2O4. The van der Waals surface area contributed by atoms with Gasteiger partial charge < -0.3 is 14.9 Å². The van der Waals surface area contributed by atoms with Gasteiger partial charge in [-0.1, -0.05) is 18.2 Å². The van der Waals surface area contributed by atoms with Gasteiger partial charge in [0.2, 0.25) is 0 Å². The first-order valence-electron chi connectivity index (χ1n) is 8.70. The summed E-state index contributed by atoms with van der Waals surface area (Å²) in [6.07, 6.45) is 1.75. The number of aromatic nitrogens is 2. The van der Waals surface area contributed by atoms with Crippen LogP contribution in [-0.2, 0) is 6.61 Å². The van der Waals surface area contributed by atoms with Gasteiger partial charge in [0.15, 0.2) is 0 Å². The maximum Gasteiger partial charge on any atom is 0.335 e. The van der Waals surface area contributed by atoms with Gasteiger partial charge in [0.25, 0.3) is 0 Å². The molecule has 140 valence electrons. The Kier molecular flexibility index (Phi) is 4.55. The lowest BCUT2D eigenvalue weighted by Gasteiger charge is -2.05. The highest BCUT2D eigenvalue weighted by atomic mass is 16.5. The normalized spacial score (nSPS) is 10.9. The second kappa shape index (κ2) is 7.17. The number of aromatic carboxylic acids is 1. The molecule has 28 heavy (non-hydrogen) atoms. The van der Waals surface area contributed by atoms with Crippen molar-refractivity contribution < 1.29 is 19.7 Å². The monoisotopic (exact) mass is 374 g/mol. The minimum absolute atomic E-state index is 0.150. The number of benzene rings is 3. The van der Waals surface area contributed by atoms with E-state index in [1.807, 2.05) is 36.4 Å². The highest BCUT2D eigenvalue weighted by molar-refractivity contribution is 5.88. The van der Waals surface area contributed by atoms with Crippen molar-refractivity contribution in [1.29, 1.82) is 0 Å². The van der Waals surface area contributed by atoms with Gasteiger partial charge in [0, 0.05) is 17.3 Å². The van der Waals surface area contributed by atoms with Gasteiger partial charge >= 0.3 is 5.97 Å². The maximum atomic E-state index is 11.0. The summed E-state index contributed by atoms with van der Waals surface area (Å²) in [6.45, 7) is -0.150. The largest absolute Gasteiger partial charge is 0.497 e. The lowest BCUT2D eigenvalue weighted by Crippen LogP contribution is -1.99. The molecule has 4 rings (SSSR count). The van der Waals surface area contributed by atoms with Gasteiger partial charge in [0.1, 0.15) is 5.75 Å². The van der Waals surface area contributed by atoms with E-state index in [2.05, 4.69) is 5.10 Å². The van der Waals surface area contributed by atoms with E-state index in [1.165, 1.54) is 12.1 Å². The molecular weight excluding hydrogens is 356 g/mol. The molecule has 0 amide bonds. The molecule has 3 aromatic carbocycles. The molecule has 0 spiro atoms. The zero-order chi connectivity index (χ0) is 19.7. The minimum Gasteiger partial charge on any atom is -0.497 e. The molecule has 4 aromatic rings. The van der Waals surface area contributed by atoms with Crippen LogP contribution in [-0.4, -0.2) is 33.1 Å². The van der Waals surface area contributed by atoms with Crippen LogP contribution in [0.15, 0.2) is 66.9 Å². The van der Waals surface area contributed by atoms with Crippen molar-refractivity contribution in [2.45, 2.75) is 6.61 Å². The Labute approximate surface area is 161 Å². The molecule has 0 bridgehead atoms. The van der Waals surface area contributed by atoms with E-state index in [-0.39, 0.29) is 12.2 Å². The van der Waals surface area contributed by atoms with Crippen molar-refractivity contribution in [3.63, 3.8) is 0 Å². The summed E-state index contributed by atoms with van der Waals surface area (Å²) in [5, 5.41) is 25.5. The molecule has 0 radical (unpaired) electrons. The van der Waals surface area contributed by atoms with E-state index in [4.69, 9.17) is 9.84 Å². The Bertz CT molecular complexity index is 1160. The topological polar surface area (TPSA) is 84.6 Å². The number of carboxylic acids is 1. The number of aliphatic hydroxyl groups is 1. The van der Waals surface area contributed by atoms with Crippen LogP contribution >= 0.6 is 0 Å². The number of rotatable bonds is 5. The van der Waals surface area contributed by atoms with Crippen molar-refractivity contribution in [2.75, 3.05) is 7.11 Å². The zero-order valence-electron chi connectivity index (χ0n) is 15.2. The second-order valence-corrected chi connectivity index (χ2v) is 6.39. The summed E-state index contributed by atoms with van der Waals surface area (Å²) >= 11 is 0. The number of nitrogens with zero attached hydrogens (tertiary/aromatic N) is 2. The van der Waals surface area contributed by atoms with Crippen LogP contribution in [0.4, 0.5) is 0 Å². The molecule has 0 saturated carbocycles. The Morgan fingerprint density at radius 2 is 1.75 bits per heavy atom. The summed E-state index contributed by atoms with van der Waals surface area (Å²) in [4.78, 5) is 11.0. The van der Waals surface area contributed by atoms with E-state index in [9.17, 15) is 9.90 Å². The standard InChI is InChI=1S/C22H18N2O4/c1-28-20-9-6-15-10-17(3-2-16(15)11-20)21-18(13-25)12-24(23-21)19-7-4-14(5-8-19)22(26)27/h2-12,25H,13H2,1H3,(H,26,27). The summed E-state index contributed by atoms with van der Waals surface area (Å²) in [5.41, 5.74) is 3.19. The number of carbonyl (C=O) groups is 1. The van der Waals surface area contributed by atoms with E-state index >= 15 is 0 Å². The average molecular weight is 374 g/mol. The Morgan fingerprint density at radius 3 is 2.43 bits per heavy atom. The molecule has 1 heterocycles. The number of ether oxygens (including phenoxy) is 1. The molecule has 1 aromatic heterocycles. The molecule has 6 nitrogen and oxygen atoms in total. The number of hydrogen-bond donors (Lipinski definition) is 2. The van der Waals surface area contributed by atoms with Gasteiger partial charge in [0.05, 0.1) is 30.7 Å². The lowest BCUT2D eigenvalue weighted by molar-refractivity contribution is 0.0697. The fourth-order valence-corrected chi connectivity index (χ4v) is 3.16. The van der Waals surface area contributed by atoms with Gasteiger partial charge in [-0.3, -0.25) is 0 Å². The van der Waals surface area contributed by atoms with Gasteiger partial charge in [-0.2, -0.15) is 5.10 Å². The second-order valence-electron chi connectivity index (χ2n) is 6.39. The third-order valence-electron chi connectivity index (χ3n) is 4.66. The molecule has 0 aliphatic heterocycles. The smallest absolute Gasteiger partial charge is 0.335 e. The number of methoxy groups -OCH3 is 1. The molecule has 0 aliphatic carbocycles. The van der Waals surface area contributed by atoms with Crippen LogP contribution in [0.3, 0.4) is 0 Å². The van der Waals surface area contributed by atoms with Gasteiger partial charge in [-0.15, -0.1) is 0 Å². The van der Waals surface area contributed by atoms with Crippen LogP contribution < -0.4 is 4.74 Å². The number of aliphatic hydroxyl groups excluding tert-OH is 1. The molecule has 0 atom stereocenters. The van der Waals surface area contributed by atoms with Crippen molar-refractivity contribution in [1.82, 2.24) is 9.78 Å². The molecule has 0 unspecified atom stereocenters. The SMILES string of the molecule is COc1ccc2cc(-c3nn(-c4ccc(C(=O)O)cc4)cc3CO)ccc2c1. The minimum atomic E-state index is -0.975. The first-order valence-corrected chi connectivity index (χ1v) is 8.70. The zero-order valence-corrected chi connectivity index (χ0v) is 15.2. The Hall–Kier alpha value is -3.64. The van der Waals surface area contributed by atoms with Crippen LogP contribution in [0, 0.1) is 0 Å². The fourth-order valence-electron chi connectivity index (χ4n) is 3.16. The molecule has 0 saturated heterocycles. The van der Waals surface area contributed by atoms with Crippen LogP contribution in [0.5, 0.6) is 5.75 Å². The predicted octanol–water partition coefficient (Wildman–Crippen LogP) is 3.89. The first-order chi connectivity index (χ1) is 13.6. The fraction of sp³-hybridized carbons (Fsp3) is 0.0909. The van der Waals surface area contributed by atoms with Crippen LogP contribution in [0.1, 0.15) is 15.9 Å². The Morgan fingerprint density at radius 1 is 1.04 bits per heavy atom. The maximum absolute atomic E-state index is 11.0. The summed E-state index contributed by atoms with van der Waals surface area (Å²) in [5.74, 6) is -0.179. The Balaban J connectivity index is 1.75. The highest BCUT2D eigenvalue weighted by Crippen LogP contribution is 2.29. The van der Waals surface area contributed by atoms with Crippen molar-refractivity contribution in [3.8, 4) is 22.7 Å². The van der Waals surface area contributed by atoms with E-state index < -0.39 is 5.97 Å². The lowest BCUT2D eigenvalue weighted by atomic mass is 10.0. The van der Waals surface area contributed by atoms with Crippen molar-refractivity contribution in [2.24, 2.45) is 0 Å². The predicted molar refractivity (Wildman–Crippen MR) is 106 cm³/mol. The van der Waals surface area contributed by atoms with E-state index in [0.717, 1.165) is 27.8 Å². The van der Waals surface area contributed by atoms with E-state index in [1.54, 1.807) is 30.1 Å². The molecule has 0 fully saturated rings. The van der Waals surface area contributed by atoms with Gasteiger partial charge in [-0.05, 0) is 53.2 Å². The third kappa shape index (κ3) is 3.21. The molecule has 2 N–H and O–H groups in total. The summed E-state index contributed by atoms with van der Waals surface area (Å²) in [6, 6.07) is 18.3. The highest BCUT2D eigenvalue weighted by Gasteiger charge is 2.13. The molecule has 0 aliphatic rings.